The minimum atomic E-state index is -4.07. The van der Waals surface area contributed by atoms with Crippen LogP contribution in [0, 0.1) is 0 Å². The van der Waals surface area contributed by atoms with Gasteiger partial charge in [0.1, 0.15) is 0 Å². The summed E-state index contributed by atoms with van der Waals surface area (Å²) in [5.41, 5.74) is 0. The van der Waals surface area contributed by atoms with Gasteiger partial charge in [0, 0.05) is 14.1 Å². The van der Waals surface area contributed by atoms with Crippen molar-refractivity contribution >= 4 is 7.60 Å². The zero-order chi connectivity index (χ0) is 8.36. The van der Waals surface area contributed by atoms with Crippen molar-refractivity contribution in [2.24, 2.45) is 0 Å². The van der Waals surface area contributed by atoms with Crippen molar-refractivity contribution in [1.82, 2.24) is 5.06 Å². The average molecular weight is 169 g/mol. The van der Waals surface area contributed by atoms with Gasteiger partial charge in [-0.2, -0.15) is 5.06 Å². The number of hydrogen-bond donors (Lipinski definition) is 2. The van der Waals surface area contributed by atoms with Gasteiger partial charge in [0.2, 0.25) is 0 Å². The van der Waals surface area contributed by atoms with E-state index in [1.54, 1.807) is 14.1 Å². The Bertz CT molecular complexity index is 142. The molecule has 0 bridgehead atoms. The van der Waals surface area contributed by atoms with Crippen LogP contribution in [-0.4, -0.2) is 34.8 Å². The van der Waals surface area contributed by atoms with Crippen molar-refractivity contribution in [3.05, 3.63) is 0 Å². The van der Waals surface area contributed by atoms with E-state index in [2.05, 4.69) is 4.84 Å². The molecule has 0 aliphatic heterocycles. The molecule has 0 aromatic carbocycles. The highest BCUT2D eigenvalue weighted by Gasteiger charge is 2.25. The normalized spacial score (nSPS) is 15.8. The summed E-state index contributed by atoms with van der Waals surface area (Å²) in [6.45, 7) is 1.32. The molecule has 0 amide bonds. The second-order valence-electron chi connectivity index (χ2n) is 2.11. The van der Waals surface area contributed by atoms with E-state index in [1.807, 2.05) is 0 Å². The first kappa shape index (κ1) is 10.1. The summed E-state index contributed by atoms with van der Waals surface area (Å²) in [4.78, 5) is 21.7. The monoisotopic (exact) mass is 169 g/mol. The number of rotatable bonds is 3. The van der Waals surface area contributed by atoms with Gasteiger partial charge in [-0.05, 0) is 6.92 Å². The van der Waals surface area contributed by atoms with E-state index >= 15 is 0 Å². The van der Waals surface area contributed by atoms with Crippen LogP contribution in [0.2, 0.25) is 0 Å². The maximum absolute atomic E-state index is 10.4. The van der Waals surface area contributed by atoms with Crippen molar-refractivity contribution in [1.29, 1.82) is 0 Å². The summed E-state index contributed by atoms with van der Waals surface area (Å²) in [5, 5.41) is 1.25. The molecule has 0 heterocycles. The fourth-order valence-electron chi connectivity index (χ4n) is 0.367. The Labute approximate surface area is 59.7 Å². The Hall–Kier alpha value is 0.0700. The van der Waals surface area contributed by atoms with Gasteiger partial charge in [-0.1, -0.05) is 0 Å². The first-order valence-electron chi connectivity index (χ1n) is 2.73. The van der Waals surface area contributed by atoms with Crippen molar-refractivity contribution in [2.75, 3.05) is 14.1 Å². The summed E-state index contributed by atoms with van der Waals surface area (Å²) in [6, 6.07) is 0. The summed E-state index contributed by atoms with van der Waals surface area (Å²) in [6.07, 6.45) is 0. The van der Waals surface area contributed by atoms with E-state index in [4.69, 9.17) is 9.79 Å². The molecule has 1 atom stereocenters. The van der Waals surface area contributed by atoms with Crippen LogP contribution < -0.4 is 0 Å². The molecule has 0 rings (SSSR count). The quantitative estimate of drug-likeness (QED) is 0.459. The summed E-state index contributed by atoms with van der Waals surface area (Å²) in [7, 11) is -0.951. The van der Waals surface area contributed by atoms with Gasteiger partial charge in [0.05, 0.1) is 0 Å². The third-order valence-electron chi connectivity index (χ3n) is 0.837. The van der Waals surface area contributed by atoms with Crippen LogP contribution in [0.3, 0.4) is 0 Å². The second kappa shape index (κ2) is 3.46. The third kappa shape index (κ3) is 3.98. The smallest absolute Gasteiger partial charge is 0.323 e. The molecule has 10 heavy (non-hydrogen) atoms. The molecular weight excluding hydrogens is 157 g/mol. The summed E-state index contributed by atoms with van der Waals surface area (Å²) in [5.74, 6) is -1.07. The lowest BCUT2D eigenvalue weighted by atomic mass is 10.9. The average Bonchev–Trinajstić information content (AvgIpc) is 1.60. The maximum atomic E-state index is 10.4. The van der Waals surface area contributed by atoms with Gasteiger partial charge >= 0.3 is 7.60 Å². The third-order valence-corrected chi connectivity index (χ3v) is 1.88. The minimum absolute atomic E-state index is 1.07. The lowest BCUT2D eigenvalue weighted by molar-refractivity contribution is -0.136. The molecule has 6 heteroatoms. The van der Waals surface area contributed by atoms with Gasteiger partial charge in [0.15, 0.2) is 5.85 Å². The van der Waals surface area contributed by atoms with Gasteiger partial charge < -0.3 is 9.79 Å². The van der Waals surface area contributed by atoms with Crippen LogP contribution >= 0.6 is 7.60 Å². The van der Waals surface area contributed by atoms with Gasteiger partial charge in [-0.15, -0.1) is 0 Å². The molecule has 0 aromatic heterocycles. The molecule has 2 N–H and O–H groups in total. The minimum Gasteiger partial charge on any atom is -0.323 e. The predicted octanol–water partition coefficient (Wildman–Crippen LogP) is 0.00330. The fraction of sp³-hybridized carbons (Fsp3) is 1.00. The van der Waals surface area contributed by atoms with Crippen LogP contribution in [0.15, 0.2) is 0 Å². The number of hydrogen-bond acceptors (Lipinski definition) is 3. The molecule has 0 radical (unpaired) electrons. The summed E-state index contributed by atoms with van der Waals surface area (Å²) >= 11 is 0. The summed E-state index contributed by atoms with van der Waals surface area (Å²) < 4.78 is 10.4. The Morgan fingerprint density at radius 3 is 2.00 bits per heavy atom. The molecule has 0 saturated heterocycles. The zero-order valence-electron chi connectivity index (χ0n) is 6.18. The standard InChI is InChI=1S/C4H12NO4P/c1-4(9-5(2)3)10(6,7)8/h4H,1-3H3,(H2,6,7,8). The second-order valence-corrected chi connectivity index (χ2v) is 4.01. The van der Waals surface area contributed by atoms with Gasteiger partial charge in [0.25, 0.3) is 0 Å². The highest BCUT2D eigenvalue weighted by Crippen LogP contribution is 2.41. The van der Waals surface area contributed by atoms with Crippen molar-refractivity contribution in [3.63, 3.8) is 0 Å². The van der Waals surface area contributed by atoms with E-state index < -0.39 is 13.4 Å². The van der Waals surface area contributed by atoms with E-state index in [1.165, 1.54) is 12.0 Å². The van der Waals surface area contributed by atoms with E-state index in [0.717, 1.165) is 0 Å². The van der Waals surface area contributed by atoms with Crippen LogP contribution in [0.5, 0.6) is 0 Å². The highest BCUT2D eigenvalue weighted by molar-refractivity contribution is 7.52. The molecule has 1 unspecified atom stereocenters. The number of nitrogens with zero attached hydrogens (tertiary/aromatic N) is 1. The molecule has 0 aliphatic rings. The van der Waals surface area contributed by atoms with Gasteiger partial charge in [-0.25, -0.2) is 0 Å². The molecule has 0 spiro atoms. The van der Waals surface area contributed by atoms with E-state index in [-0.39, 0.29) is 0 Å². The number of hydroxylamine groups is 2. The Morgan fingerprint density at radius 2 is 1.90 bits per heavy atom. The van der Waals surface area contributed by atoms with Crippen molar-refractivity contribution in [2.45, 2.75) is 12.8 Å². The largest absolute Gasteiger partial charge is 0.355 e. The SMILES string of the molecule is CC(ON(C)C)P(=O)(O)O. The van der Waals surface area contributed by atoms with Gasteiger partial charge in [-0.3, -0.25) is 9.40 Å². The van der Waals surface area contributed by atoms with Crippen molar-refractivity contribution < 1.29 is 19.2 Å². The van der Waals surface area contributed by atoms with E-state index in [0.29, 0.717) is 0 Å². The van der Waals surface area contributed by atoms with E-state index in [9.17, 15) is 4.57 Å². The van der Waals surface area contributed by atoms with Crippen LogP contribution in [-0.2, 0) is 9.40 Å². The first-order chi connectivity index (χ1) is 4.34. The van der Waals surface area contributed by atoms with Crippen LogP contribution in [0.4, 0.5) is 0 Å². The topological polar surface area (TPSA) is 70.0 Å². The molecule has 0 aliphatic carbocycles. The maximum Gasteiger partial charge on any atom is 0.355 e. The first-order valence-corrected chi connectivity index (χ1v) is 4.41. The Morgan fingerprint density at radius 1 is 1.50 bits per heavy atom. The van der Waals surface area contributed by atoms with Crippen LogP contribution in [0.1, 0.15) is 6.92 Å². The molecule has 0 saturated carbocycles. The molecule has 5 nitrogen and oxygen atoms in total. The molecule has 0 aromatic rings. The van der Waals surface area contributed by atoms with Crippen molar-refractivity contribution in [3.8, 4) is 0 Å². The lowest BCUT2D eigenvalue weighted by Gasteiger charge is -2.17. The Balaban J connectivity index is 3.86. The molecule has 0 fully saturated rings. The molecule has 62 valence electrons. The van der Waals surface area contributed by atoms with Crippen LogP contribution in [0.25, 0.3) is 0 Å². The molecular formula is C4H12NO4P. The predicted molar refractivity (Wildman–Crippen MR) is 36.3 cm³/mol. The Kier molecular flexibility index (Phi) is 3.48. The lowest BCUT2D eigenvalue weighted by Crippen LogP contribution is -2.20. The zero-order valence-corrected chi connectivity index (χ0v) is 7.08. The fourth-order valence-corrected chi connectivity index (χ4v) is 0.678. The highest BCUT2D eigenvalue weighted by atomic mass is 31.2.